The maximum absolute atomic E-state index is 12.4. The zero-order valence-electron chi connectivity index (χ0n) is 12.4. The van der Waals surface area contributed by atoms with E-state index < -0.39 is 0 Å². The molecule has 0 aromatic carbocycles. The SMILES string of the molecule is CC(C)(C)COCC1(C(=O)C(C)(C)C)CCC1. The van der Waals surface area contributed by atoms with Gasteiger partial charge in [-0.05, 0) is 18.3 Å². The van der Waals surface area contributed by atoms with Crippen molar-refractivity contribution in [2.45, 2.75) is 60.8 Å². The van der Waals surface area contributed by atoms with Crippen molar-refractivity contribution in [3.63, 3.8) is 0 Å². The lowest BCUT2D eigenvalue weighted by Gasteiger charge is -2.44. The molecule has 17 heavy (non-hydrogen) atoms. The molecule has 0 bridgehead atoms. The van der Waals surface area contributed by atoms with Crippen LogP contribution in [0.5, 0.6) is 0 Å². The van der Waals surface area contributed by atoms with E-state index in [-0.39, 0.29) is 16.2 Å². The van der Waals surface area contributed by atoms with Gasteiger partial charge in [0.15, 0.2) is 0 Å². The summed E-state index contributed by atoms with van der Waals surface area (Å²) in [5.41, 5.74) is -0.245. The lowest BCUT2D eigenvalue weighted by atomic mass is 9.61. The van der Waals surface area contributed by atoms with Crippen molar-refractivity contribution in [1.29, 1.82) is 0 Å². The Morgan fingerprint density at radius 1 is 1.12 bits per heavy atom. The molecule has 0 spiro atoms. The fourth-order valence-electron chi connectivity index (χ4n) is 2.39. The Kier molecular flexibility index (Phi) is 4.08. The summed E-state index contributed by atoms with van der Waals surface area (Å²) < 4.78 is 5.80. The fourth-order valence-corrected chi connectivity index (χ4v) is 2.39. The minimum absolute atomic E-state index is 0.176. The van der Waals surface area contributed by atoms with E-state index in [1.807, 2.05) is 20.8 Å². The van der Waals surface area contributed by atoms with Crippen molar-refractivity contribution in [2.24, 2.45) is 16.2 Å². The molecule has 1 fully saturated rings. The van der Waals surface area contributed by atoms with Crippen LogP contribution in [-0.2, 0) is 9.53 Å². The predicted molar refractivity (Wildman–Crippen MR) is 71.0 cm³/mol. The van der Waals surface area contributed by atoms with Crippen LogP contribution >= 0.6 is 0 Å². The molecule has 2 nitrogen and oxygen atoms in total. The van der Waals surface area contributed by atoms with Crippen LogP contribution in [0.1, 0.15) is 60.8 Å². The zero-order chi connectivity index (χ0) is 13.3. The fraction of sp³-hybridized carbons (Fsp3) is 0.933. The highest BCUT2D eigenvalue weighted by molar-refractivity contribution is 5.90. The number of ketones is 1. The van der Waals surface area contributed by atoms with E-state index in [1.54, 1.807) is 0 Å². The van der Waals surface area contributed by atoms with Gasteiger partial charge in [0.05, 0.1) is 18.6 Å². The average molecular weight is 240 g/mol. The molecule has 0 unspecified atom stereocenters. The topological polar surface area (TPSA) is 26.3 Å². The first-order chi connectivity index (χ1) is 7.57. The molecule has 0 saturated heterocycles. The normalized spacial score (nSPS) is 19.9. The van der Waals surface area contributed by atoms with Crippen molar-refractivity contribution < 1.29 is 9.53 Å². The molecule has 0 amide bonds. The van der Waals surface area contributed by atoms with Gasteiger partial charge in [0, 0.05) is 5.41 Å². The van der Waals surface area contributed by atoms with Crippen molar-refractivity contribution in [2.75, 3.05) is 13.2 Å². The van der Waals surface area contributed by atoms with Gasteiger partial charge in [0.2, 0.25) is 0 Å². The van der Waals surface area contributed by atoms with E-state index in [4.69, 9.17) is 4.74 Å². The van der Waals surface area contributed by atoms with Gasteiger partial charge in [0.1, 0.15) is 5.78 Å². The molecule has 0 atom stereocenters. The second kappa shape index (κ2) is 4.72. The number of hydrogen-bond acceptors (Lipinski definition) is 2. The summed E-state index contributed by atoms with van der Waals surface area (Å²) in [6.45, 7) is 13.9. The van der Waals surface area contributed by atoms with E-state index in [0.29, 0.717) is 12.4 Å². The molecule has 100 valence electrons. The molecule has 0 aromatic rings. The summed E-state index contributed by atoms with van der Waals surface area (Å²) in [6, 6.07) is 0. The molecule has 0 heterocycles. The Balaban J connectivity index is 2.56. The number of hydrogen-bond donors (Lipinski definition) is 0. The van der Waals surface area contributed by atoms with E-state index in [2.05, 4.69) is 20.8 Å². The van der Waals surface area contributed by atoms with Crippen LogP contribution in [0.2, 0.25) is 0 Å². The molecule has 1 rings (SSSR count). The molecule has 1 aliphatic carbocycles. The van der Waals surface area contributed by atoms with Gasteiger partial charge in [-0.3, -0.25) is 4.79 Å². The highest BCUT2D eigenvalue weighted by atomic mass is 16.5. The molecule has 2 heteroatoms. The molecular formula is C15H28O2. The molecule has 0 aliphatic heterocycles. The van der Waals surface area contributed by atoms with Gasteiger partial charge in [-0.1, -0.05) is 48.0 Å². The summed E-state index contributed by atoms with van der Waals surface area (Å²) in [6.07, 6.45) is 3.18. The number of Topliss-reactive ketones (excluding diaryl/α,β-unsaturated/α-hetero) is 1. The first kappa shape index (κ1) is 14.7. The van der Waals surface area contributed by atoms with Crippen LogP contribution in [0.3, 0.4) is 0 Å². The van der Waals surface area contributed by atoms with Crippen molar-refractivity contribution >= 4 is 5.78 Å². The zero-order valence-corrected chi connectivity index (χ0v) is 12.4. The predicted octanol–water partition coefficient (Wildman–Crippen LogP) is 3.83. The van der Waals surface area contributed by atoms with E-state index in [9.17, 15) is 4.79 Å². The Bertz CT molecular complexity index is 274. The smallest absolute Gasteiger partial charge is 0.146 e. The lowest BCUT2D eigenvalue weighted by molar-refractivity contribution is -0.148. The van der Waals surface area contributed by atoms with Crippen LogP contribution in [0.4, 0.5) is 0 Å². The number of carbonyl (C=O) groups excluding carboxylic acids is 1. The van der Waals surface area contributed by atoms with Gasteiger partial charge < -0.3 is 4.74 Å². The Hall–Kier alpha value is -0.370. The largest absolute Gasteiger partial charge is 0.380 e. The third-order valence-corrected chi connectivity index (χ3v) is 3.39. The lowest BCUT2D eigenvalue weighted by Crippen LogP contribution is -2.47. The third-order valence-electron chi connectivity index (χ3n) is 3.39. The second-order valence-electron chi connectivity index (χ2n) is 7.77. The van der Waals surface area contributed by atoms with Gasteiger partial charge in [0.25, 0.3) is 0 Å². The first-order valence-corrected chi connectivity index (χ1v) is 6.70. The Morgan fingerprint density at radius 2 is 1.65 bits per heavy atom. The quantitative estimate of drug-likeness (QED) is 0.746. The molecule has 0 N–H and O–H groups in total. The van der Waals surface area contributed by atoms with Gasteiger partial charge in [-0.15, -0.1) is 0 Å². The molecule has 1 saturated carbocycles. The number of ether oxygens (including phenoxy) is 1. The third kappa shape index (κ3) is 3.80. The minimum atomic E-state index is -0.245. The molecule has 0 aromatic heterocycles. The van der Waals surface area contributed by atoms with Crippen molar-refractivity contribution in [3.8, 4) is 0 Å². The summed E-state index contributed by atoms with van der Waals surface area (Å²) in [5, 5.41) is 0. The Labute approximate surface area is 106 Å². The summed E-state index contributed by atoms with van der Waals surface area (Å²) in [5.74, 6) is 0.380. The maximum atomic E-state index is 12.4. The number of carbonyl (C=O) groups is 1. The molecule has 1 aliphatic rings. The molecule has 0 radical (unpaired) electrons. The van der Waals surface area contributed by atoms with Gasteiger partial charge in [-0.2, -0.15) is 0 Å². The highest BCUT2D eigenvalue weighted by Gasteiger charge is 2.48. The van der Waals surface area contributed by atoms with Crippen LogP contribution in [0, 0.1) is 16.2 Å². The van der Waals surface area contributed by atoms with Crippen LogP contribution < -0.4 is 0 Å². The summed E-state index contributed by atoms with van der Waals surface area (Å²) >= 11 is 0. The Morgan fingerprint density at radius 3 is 1.94 bits per heavy atom. The second-order valence-corrected chi connectivity index (χ2v) is 7.77. The monoisotopic (exact) mass is 240 g/mol. The van der Waals surface area contributed by atoms with E-state index in [1.165, 1.54) is 6.42 Å². The molecular weight excluding hydrogens is 212 g/mol. The van der Waals surface area contributed by atoms with Gasteiger partial charge >= 0.3 is 0 Å². The highest BCUT2D eigenvalue weighted by Crippen LogP contribution is 2.46. The standard InChI is InChI=1S/C15H28O2/c1-13(2,3)10-17-11-15(8-7-9-15)12(16)14(4,5)6/h7-11H2,1-6H3. The number of rotatable bonds is 4. The average Bonchev–Trinajstić information content (AvgIpc) is 2.05. The first-order valence-electron chi connectivity index (χ1n) is 6.70. The minimum Gasteiger partial charge on any atom is -0.380 e. The maximum Gasteiger partial charge on any atom is 0.146 e. The van der Waals surface area contributed by atoms with E-state index >= 15 is 0 Å². The van der Waals surface area contributed by atoms with Crippen molar-refractivity contribution in [3.05, 3.63) is 0 Å². The van der Waals surface area contributed by atoms with E-state index in [0.717, 1.165) is 19.4 Å². The van der Waals surface area contributed by atoms with Crippen molar-refractivity contribution in [1.82, 2.24) is 0 Å². The summed E-state index contributed by atoms with van der Waals surface area (Å²) in [7, 11) is 0. The van der Waals surface area contributed by atoms with Crippen LogP contribution in [-0.4, -0.2) is 19.0 Å². The van der Waals surface area contributed by atoms with Crippen LogP contribution in [0.15, 0.2) is 0 Å². The summed E-state index contributed by atoms with van der Waals surface area (Å²) in [4.78, 5) is 12.4. The van der Waals surface area contributed by atoms with Crippen LogP contribution in [0.25, 0.3) is 0 Å². The van der Waals surface area contributed by atoms with Gasteiger partial charge in [-0.25, -0.2) is 0 Å².